The Balaban J connectivity index is 1.90. The van der Waals surface area contributed by atoms with E-state index < -0.39 is 5.82 Å². The molecule has 0 heterocycles. The van der Waals surface area contributed by atoms with Crippen molar-refractivity contribution < 1.29 is 13.9 Å². The predicted octanol–water partition coefficient (Wildman–Crippen LogP) is 3.07. The molecule has 0 radical (unpaired) electrons. The molecule has 0 saturated heterocycles. The second kappa shape index (κ2) is 5.81. The lowest BCUT2D eigenvalue weighted by atomic mass is 9.92. The van der Waals surface area contributed by atoms with E-state index in [0.717, 1.165) is 19.3 Å². The monoisotopic (exact) mass is 279 g/mol. The molecule has 20 heavy (non-hydrogen) atoms. The molecule has 1 N–H and O–H groups in total. The van der Waals surface area contributed by atoms with Crippen LogP contribution in [0, 0.1) is 11.2 Å². The molecule has 0 aliphatic heterocycles. The molecule has 1 amide bonds. The van der Waals surface area contributed by atoms with Crippen LogP contribution in [0.4, 0.5) is 4.39 Å². The fourth-order valence-corrected chi connectivity index (χ4v) is 2.84. The van der Waals surface area contributed by atoms with Gasteiger partial charge in [-0.1, -0.05) is 19.9 Å². The molecular weight excluding hydrogens is 257 g/mol. The van der Waals surface area contributed by atoms with Crippen LogP contribution < -0.4 is 10.1 Å². The number of benzene rings is 1. The van der Waals surface area contributed by atoms with Crippen molar-refractivity contribution in [2.45, 2.75) is 45.6 Å². The number of amides is 1. The summed E-state index contributed by atoms with van der Waals surface area (Å²) in [5, 5.41) is 3.04. The Morgan fingerprint density at radius 2 is 2.25 bits per heavy atom. The maximum atomic E-state index is 13.6. The summed E-state index contributed by atoms with van der Waals surface area (Å²) in [6.07, 6.45) is 3.37. The van der Waals surface area contributed by atoms with E-state index in [1.807, 2.05) is 0 Å². The zero-order chi connectivity index (χ0) is 14.8. The zero-order valence-electron chi connectivity index (χ0n) is 12.3. The van der Waals surface area contributed by atoms with E-state index in [4.69, 9.17) is 4.74 Å². The smallest absolute Gasteiger partial charge is 0.224 e. The first kappa shape index (κ1) is 14.8. The minimum atomic E-state index is -0.431. The number of carbonyl (C=O) groups is 1. The molecule has 1 saturated carbocycles. The summed E-state index contributed by atoms with van der Waals surface area (Å²) in [4.78, 5) is 12.0. The molecule has 1 fully saturated rings. The Bertz CT molecular complexity index is 499. The third-order valence-corrected chi connectivity index (χ3v) is 3.91. The third-order valence-electron chi connectivity index (χ3n) is 3.91. The number of carbonyl (C=O) groups excluding carboxylic acids is 1. The summed E-state index contributed by atoms with van der Waals surface area (Å²) >= 11 is 0. The summed E-state index contributed by atoms with van der Waals surface area (Å²) in [5.41, 5.74) is 0.975. The van der Waals surface area contributed by atoms with Crippen LogP contribution in [0.15, 0.2) is 18.2 Å². The second-order valence-electron chi connectivity index (χ2n) is 6.32. The van der Waals surface area contributed by atoms with Crippen LogP contribution in [0.25, 0.3) is 0 Å². The quantitative estimate of drug-likeness (QED) is 0.920. The fraction of sp³-hybridized carbons (Fsp3) is 0.562. The Morgan fingerprint density at radius 1 is 1.50 bits per heavy atom. The second-order valence-corrected chi connectivity index (χ2v) is 6.32. The number of nitrogens with one attached hydrogen (secondary N) is 1. The summed E-state index contributed by atoms with van der Waals surface area (Å²) < 4.78 is 18.4. The van der Waals surface area contributed by atoms with Crippen molar-refractivity contribution in [3.05, 3.63) is 29.6 Å². The standard InChI is InChI=1S/C16H22FNO2/c1-16(2)7-6-12(10-16)18-15(19)9-11-4-5-14(20-3)13(17)8-11/h4-5,8,12H,6-7,9-10H2,1-3H3,(H,18,19). The number of rotatable bonds is 4. The van der Waals surface area contributed by atoms with E-state index in [2.05, 4.69) is 19.2 Å². The molecule has 0 spiro atoms. The molecule has 1 atom stereocenters. The van der Waals surface area contributed by atoms with Crippen molar-refractivity contribution in [2.24, 2.45) is 5.41 Å². The number of hydrogen-bond acceptors (Lipinski definition) is 2. The van der Waals surface area contributed by atoms with Crippen LogP contribution in [0.1, 0.15) is 38.7 Å². The maximum Gasteiger partial charge on any atom is 0.224 e. The predicted molar refractivity (Wildman–Crippen MR) is 76.2 cm³/mol. The third kappa shape index (κ3) is 3.71. The highest BCUT2D eigenvalue weighted by Crippen LogP contribution is 2.36. The van der Waals surface area contributed by atoms with Crippen molar-refractivity contribution >= 4 is 5.91 Å². The highest BCUT2D eigenvalue weighted by molar-refractivity contribution is 5.79. The molecule has 1 aromatic carbocycles. The average molecular weight is 279 g/mol. The van der Waals surface area contributed by atoms with Gasteiger partial charge in [-0.2, -0.15) is 0 Å². The fourth-order valence-electron chi connectivity index (χ4n) is 2.84. The Morgan fingerprint density at radius 3 is 2.80 bits per heavy atom. The van der Waals surface area contributed by atoms with Gasteiger partial charge < -0.3 is 10.1 Å². The van der Waals surface area contributed by atoms with Gasteiger partial charge in [-0.15, -0.1) is 0 Å². The van der Waals surface area contributed by atoms with Crippen molar-refractivity contribution in [1.29, 1.82) is 0 Å². The van der Waals surface area contributed by atoms with Gasteiger partial charge in [0.05, 0.1) is 13.5 Å². The maximum absolute atomic E-state index is 13.6. The van der Waals surface area contributed by atoms with Crippen LogP contribution in [0.5, 0.6) is 5.75 Å². The molecule has 110 valence electrons. The van der Waals surface area contributed by atoms with Crippen molar-refractivity contribution in [2.75, 3.05) is 7.11 Å². The van der Waals surface area contributed by atoms with E-state index >= 15 is 0 Å². The van der Waals surface area contributed by atoms with Gasteiger partial charge in [0.25, 0.3) is 0 Å². The SMILES string of the molecule is COc1ccc(CC(=O)NC2CCC(C)(C)C2)cc1F. The number of ether oxygens (including phenoxy) is 1. The Hall–Kier alpha value is -1.58. The van der Waals surface area contributed by atoms with Crippen LogP contribution >= 0.6 is 0 Å². The van der Waals surface area contributed by atoms with Gasteiger partial charge in [0, 0.05) is 6.04 Å². The minimum absolute atomic E-state index is 0.0442. The van der Waals surface area contributed by atoms with E-state index in [0.29, 0.717) is 11.0 Å². The summed E-state index contributed by atoms with van der Waals surface area (Å²) in [6, 6.07) is 4.88. The molecule has 1 aliphatic rings. The Labute approximate surface area is 119 Å². The van der Waals surface area contributed by atoms with Crippen molar-refractivity contribution in [3.8, 4) is 5.75 Å². The average Bonchev–Trinajstić information content (AvgIpc) is 2.68. The van der Waals surface area contributed by atoms with Crippen molar-refractivity contribution in [3.63, 3.8) is 0 Å². The molecule has 4 heteroatoms. The first-order valence-corrected chi connectivity index (χ1v) is 7.01. The van der Waals surface area contributed by atoms with Crippen LogP contribution in [0.2, 0.25) is 0 Å². The molecular formula is C16H22FNO2. The van der Waals surface area contributed by atoms with E-state index in [9.17, 15) is 9.18 Å². The highest BCUT2D eigenvalue weighted by Gasteiger charge is 2.31. The minimum Gasteiger partial charge on any atom is -0.494 e. The van der Waals surface area contributed by atoms with Gasteiger partial charge in [-0.25, -0.2) is 4.39 Å². The van der Waals surface area contributed by atoms with Crippen molar-refractivity contribution in [1.82, 2.24) is 5.32 Å². The van der Waals surface area contributed by atoms with Gasteiger partial charge in [0.15, 0.2) is 11.6 Å². The van der Waals surface area contributed by atoms with E-state index in [1.54, 1.807) is 12.1 Å². The van der Waals surface area contributed by atoms with Gasteiger partial charge in [-0.05, 0) is 42.4 Å². The molecule has 2 rings (SSSR count). The largest absolute Gasteiger partial charge is 0.494 e. The molecule has 1 aliphatic carbocycles. The number of methoxy groups -OCH3 is 1. The first-order chi connectivity index (χ1) is 9.39. The van der Waals surface area contributed by atoms with Gasteiger partial charge in [0.1, 0.15) is 0 Å². The highest BCUT2D eigenvalue weighted by atomic mass is 19.1. The number of hydrogen-bond donors (Lipinski definition) is 1. The Kier molecular flexibility index (Phi) is 4.31. The lowest BCUT2D eigenvalue weighted by Gasteiger charge is -2.18. The van der Waals surface area contributed by atoms with Crippen LogP contribution in [-0.2, 0) is 11.2 Å². The van der Waals surface area contributed by atoms with Gasteiger partial charge in [0.2, 0.25) is 5.91 Å². The van der Waals surface area contributed by atoms with E-state index in [1.165, 1.54) is 13.2 Å². The molecule has 1 aromatic rings. The van der Waals surface area contributed by atoms with Crippen LogP contribution in [0.3, 0.4) is 0 Å². The lowest BCUT2D eigenvalue weighted by molar-refractivity contribution is -0.121. The lowest BCUT2D eigenvalue weighted by Crippen LogP contribution is -2.34. The van der Waals surface area contributed by atoms with Gasteiger partial charge >= 0.3 is 0 Å². The topological polar surface area (TPSA) is 38.3 Å². The molecule has 0 bridgehead atoms. The number of halogens is 1. The van der Waals surface area contributed by atoms with Crippen LogP contribution in [-0.4, -0.2) is 19.1 Å². The van der Waals surface area contributed by atoms with E-state index in [-0.39, 0.29) is 24.1 Å². The zero-order valence-corrected chi connectivity index (χ0v) is 12.3. The summed E-state index contributed by atoms with van der Waals surface area (Å²) in [7, 11) is 1.42. The van der Waals surface area contributed by atoms with Gasteiger partial charge in [-0.3, -0.25) is 4.79 Å². The summed E-state index contributed by atoms with van der Waals surface area (Å²) in [5.74, 6) is -0.274. The summed E-state index contributed by atoms with van der Waals surface area (Å²) in [6.45, 7) is 4.44. The molecule has 0 aromatic heterocycles. The molecule has 1 unspecified atom stereocenters. The normalized spacial score (nSPS) is 20.7. The first-order valence-electron chi connectivity index (χ1n) is 7.01. The molecule has 3 nitrogen and oxygen atoms in total.